The average Bonchev–Trinajstić information content (AvgIpc) is 2.73. The van der Waals surface area contributed by atoms with Crippen LogP contribution in [0.2, 0.25) is 0 Å². The molecule has 6 nitrogen and oxygen atoms in total. The molecule has 2 aromatic heterocycles. The second-order valence-electron chi connectivity index (χ2n) is 3.11. The van der Waals surface area contributed by atoms with Gasteiger partial charge in [-0.1, -0.05) is 0 Å². The summed E-state index contributed by atoms with van der Waals surface area (Å²) in [6.45, 7) is 0.0606. The van der Waals surface area contributed by atoms with E-state index >= 15 is 0 Å². The second kappa shape index (κ2) is 4.31. The fraction of sp³-hybridized carbons (Fsp3) is 0.222. The number of rotatable bonds is 4. The Bertz CT molecular complexity index is 524. The Labute approximate surface area is 95.9 Å². The van der Waals surface area contributed by atoms with E-state index in [1.54, 1.807) is 7.05 Å². The summed E-state index contributed by atoms with van der Waals surface area (Å²) in [6, 6.07) is 1.91. The number of hydrogen-bond acceptors (Lipinski definition) is 6. The molecule has 0 fully saturated rings. The molecule has 2 heterocycles. The molecule has 2 aromatic rings. The third-order valence-electron chi connectivity index (χ3n) is 1.98. The van der Waals surface area contributed by atoms with Crippen molar-refractivity contribution in [2.75, 3.05) is 24.2 Å². The van der Waals surface area contributed by atoms with Crippen molar-refractivity contribution in [1.29, 1.82) is 0 Å². The van der Waals surface area contributed by atoms with Gasteiger partial charge in [-0.05, 0) is 11.4 Å². The first-order valence-electron chi connectivity index (χ1n) is 4.66. The summed E-state index contributed by atoms with van der Waals surface area (Å²) >= 11 is 1.52. The fourth-order valence-corrected chi connectivity index (χ4v) is 2.04. The molecule has 0 bridgehead atoms. The molecule has 4 N–H and O–H groups in total. The first-order valence-corrected chi connectivity index (χ1v) is 5.54. The third kappa shape index (κ3) is 2.03. The molecule has 84 valence electrons. The quantitative estimate of drug-likeness (QED) is 0.725. The van der Waals surface area contributed by atoms with Crippen molar-refractivity contribution in [3.8, 4) is 0 Å². The van der Waals surface area contributed by atoms with Crippen molar-refractivity contribution < 1.29 is 4.79 Å². The van der Waals surface area contributed by atoms with Crippen LogP contribution in [0.3, 0.4) is 0 Å². The van der Waals surface area contributed by atoms with E-state index in [0.717, 1.165) is 10.2 Å². The van der Waals surface area contributed by atoms with Crippen molar-refractivity contribution in [2.45, 2.75) is 0 Å². The molecule has 2 rings (SSSR count). The minimum Gasteiger partial charge on any atom is -0.368 e. The van der Waals surface area contributed by atoms with Gasteiger partial charge in [-0.25, -0.2) is 4.98 Å². The Kier molecular flexibility index (Phi) is 2.86. The van der Waals surface area contributed by atoms with E-state index in [0.29, 0.717) is 11.8 Å². The van der Waals surface area contributed by atoms with Crippen molar-refractivity contribution in [3.05, 3.63) is 11.4 Å². The molecule has 0 unspecified atom stereocenters. The third-order valence-corrected chi connectivity index (χ3v) is 2.79. The van der Waals surface area contributed by atoms with Crippen LogP contribution in [-0.2, 0) is 4.79 Å². The number of carbonyl (C=O) groups is 1. The molecule has 0 aromatic carbocycles. The highest BCUT2D eigenvalue weighted by molar-refractivity contribution is 7.16. The predicted molar refractivity (Wildman–Crippen MR) is 64.6 cm³/mol. The maximum Gasteiger partial charge on any atom is 0.236 e. The standard InChI is InChI=1S/C9H11N5OS/c1-11-9-13-7(12-4-6(10)15)5-2-3-16-8(5)14-9/h2-3H,4H2,1H3,(H2,10,15)(H2,11,12,13,14). The Morgan fingerprint density at radius 3 is 3.06 bits per heavy atom. The van der Waals surface area contributed by atoms with E-state index in [1.165, 1.54) is 11.3 Å². The Morgan fingerprint density at radius 2 is 2.38 bits per heavy atom. The highest BCUT2D eigenvalue weighted by Gasteiger charge is 2.08. The zero-order valence-electron chi connectivity index (χ0n) is 8.65. The number of hydrogen-bond donors (Lipinski definition) is 3. The number of thiophene rings is 1. The maximum atomic E-state index is 10.7. The van der Waals surface area contributed by atoms with E-state index in [1.807, 2.05) is 11.4 Å². The van der Waals surface area contributed by atoms with Crippen LogP contribution in [0, 0.1) is 0 Å². The average molecular weight is 237 g/mol. The molecule has 0 aliphatic heterocycles. The van der Waals surface area contributed by atoms with Gasteiger partial charge in [-0.15, -0.1) is 11.3 Å². The van der Waals surface area contributed by atoms with Crippen molar-refractivity contribution >= 4 is 39.2 Å². The normalized spacial score (nSPS) is 10.3. The summed E-state index contributed by atoms with van der Waals surface area (Å²) in [5.41, 5.74) is 5.07. The monoisotopic (exact) mass is 237 g/mol. The summed E-state index contributed by atoms with van der Waals surface area (Å²) in [5, 5.41) is 8.57. The van der Waals surface area contributed by atoms with Gasteiger partial charge < -0.3 is 16.4 Å². The smallest absolute Gasteiger partial charge is 0.236 e. The van der Waals surface area contributed by atoms with E-state index in [9.17, 15) is 4.79 Å². The van der Waals surface area contributed by atoms with Gasteiger partial charge >= 0.3 is 0 Å². The maximum absolute atomic E-state index is 10.7. The zero-order valence-corrected chi connectivity index (χ0v) is 9.47. The molecule has 7 heteroatoms. The van der Waals surface area contributed by atoms with E-state index < -0.39 is 5.91 Å². The van der Waals surface area contributed by atoms with Crippen LogP contribution in [0.4, 0.5) is 11.8 Å². The lowest BCUT2D eigenvalue weighted by Crippen LogP contribution is -2.22. The number of primary amides is 1. The van der Waals surface area contributed by atoms with Crippen molar-refractivity contribution in [3.63, 3.8) is 0 Å². The number of nitrogens with zero attached hydrogens (tertiary/aromatic N) is 2. The molecule has 0 saturated carbocycles. The zero-order chi connectivity index (χ0) is 11.5. The minimum atomic E-state index is -0.423. The van der Waals surface area contributed by atoms with Gasteiger partial charge in [-0.2, -0.15) is 4.98 Å². The Morgan fingerprint density at radius 1 is 1.56 bits per heavy atom. The Balaban J connectivity index is 2.40. The first kappa shape index (κ1) is 10.6. The molecular weight excluding hydrogens is 226 g/mol. The SMILES string of the molecule is CNc1nc(NCC(N)=O)c2ccsc2n1. The number of aromatic nitrogens is 2. The topological polar surface area (TPSA) is 92.9 Å². The number of nitrogens with one attached hydrogen (secondary N) is 2. The van der Waals surface area contributed by atoms with Gasteiger partial charge in [0, 0.05) is 7.05 Å². The second-order valence-corrected chi connectivity index (χ2v) is 4.00. The summed E-state index contributed by atoms with van der Waals surface area (Å²) in [5.74, 6) is 0.712. The van der Waals surface area contributed by atoms with Gasteiger partial charge in [0.05, 0.1) is 11.9 Å². The molecule has 0 aliphatic rings. The lowest BCUT2D eigenvalue weighted by molar-refractivity contribution is -0.116. The number of anilines is 2. The lowest BCUT2D eigenvalue weighted by atomic mass is 10.4. The molecule has 0 aliphatic carbocycles. The van der Waals surface area contributed by atoms with Crippen LogP contribution in [0.15, 0.2) is 11.4 Å². The molecule has 16 heavy (non-hydrogen) atoms. The van der Waals surface area contributed by atoms with E-state index in [2.05, 4.69) is 20.6 Å². The molecular formula is C9H11N5OS. The number of fused-ring (bicyclic) bond motifs is 1. The predicted octanol–water partition coefficient (Wildman–Crippen LogP) is 0.630. The summed E-state index contributed by atoms with van der Waals surface area (Å²) in [4.78, 5) is 20.1. The highest BCUT2D eigenvalue weighted by atomic mass is 32.1. The molecule has 0 atom stereocenters. The molecule has 0 spiro atoms. The van der Waals surface area contributed by atoms with Crippen molar-refractivity contribution in [1.82, 2.24) is 9.97 Å². The largest absolute Gasteiger partial charge is 0.368 e. The highest BCUT2D eigenvalue weighted by Crippen LogP contribution is 2.25. The van der Waals surface area contributed by atoms with Crippen LogP contribution in [0.1, 0.15) is 0 Å². The van der Waals surface area contributed by atoms with Crippen LogP contribution in [0.25, 0.3) is 10.2 Å². The van der Waals surface area contributed by atoms with E-state index in [-0.39, 0.29) is 6.54 Å². The lowest BCUT2D eigenvalue weighted by Gasteiger charge is -2.06. The van der Waals surface area contributed by atoms with Gasteiger partial charge in [0.15, 0.2) is 0 Å². The number of amides is 1. The molecule has 0 saturated heterocycles. The molecule has 1 amide bonds. The van der Waals surface area contributed by atoms with Crippen LogP contribution < -0.4 is 16.4 Å². The summed E-state index contributed by atoms with van der Waals surface area (Å²) in [6.07, 6.45) is 0. The fourth-order valence-electron chi connectivity index (χ4n) is 1.27. The van der Waals surface area contributed by atoms with Crippen LogP contribution in [0.5, 0.6) is 0 Å². The van der Waals surface area contributed by atoms with Crippen LogP contribution >= 0.6 is 11.3 Å². The Hall–Kier alpha value is -1.89. The summed E-state index contributed by atoms with van der Waals surface area (Å²) < 4.78 is 0. The van der Waals surface area contributed by atoms with Gasteiger partial charge in [0.25, 0.3) is 0 Å². The molecule has 0 radical (unpaired) electrons. The summed E-state index contributed by atoms with van der Waals surface area (Å²) in [7, 11) is 1.74. The van der Waals surface area contributed by atoms with Gasteiger partial charge in [0.2, 0.25) is 11.9 Å². The van der Waals surface area contributed by atoms with Crippen LogP contribution in [-0.4, -0.2) is 29.5 Å². The van der Waals surface area contributed by atoms with Gasteiger partial charge in [-0.3, -0.25) is 4.79 Å². The first-order chi connectivity index (χ1) is 7.70. The van der Waals surface area contributed by atoms with E-state index in [4.69, 9.17) is 5.73 Å². The van der Waals surface area contributed by atoms with Crippen molar-refractivity contribution in [2.24, 2.45) is 5.73 Å². The minimum absolute atomic E-state index is 0.0606. The van der Waals surface area contributed by atoms with Gasteiger partial charge in [0.1, 0.15) is 10.6 Å². The number of nitrogens with two attached hydrogens (primary N) is 1. The number of carbonyl (C=O) groups excluding carboxylic acids is 1.